The van der Waals surface area contributed by atoms with Gasteiger partial charge in [0.2, 0.25) is 0 Å². The molecule has 2 rings (SSSR count). The van der Waals surface area contributed by atoms with Gasteiger partial charge in [0.15, 0.2) is 11.5 Å². The van der Waals surface area contributed by atoms with Gasteiger partial charge < -0.3 is 19.9 Å². The van der Waals surface area contributed by atoms with E-state index in [-0.39, 0.29) is 0 Å². The van der Waals surface area contributed by atoms with Crippen molar-refractivity contribution < 1.29 is 14.2 Å². The largest absolute Gasteiger partial charge is 0.490 e. The molecule has 1 atom stereocenters. The van der Waals surface area contributed by atoms with E-state index in [1.165, 1.54) is 0 Å². The number of nitrogens with two attached hydrogens (primary N) is 1. The van der Waals surface area contributed by atoms with Gasteiger partial charge in [-0.3, -0.25) is 0 Å². The van der Waals surface area contributed by atoms with E-state index in [2.05, 4.69) is 6.92 Å². The van der Waals surface area contributed by atoms with Crippen LogP contribution in [0.5, 0.6) is 11.5 Å². The van der Waals surface area contributed by atoms with Crippen molar-refractivity contribution in [1.29, 1.82) is 0 Å². The van der Waals surface area contributed by atoms with Gasteiger partial charge in [0.05, 0.1) is 25.4 Å². The number of methoxy groups -OCH3 is 1. The second-order valence-corrected chi connectivity index (χ2v) is 4.65. The van der Waals surface area contributed by atoms with Crippen molar-refractivity contribution in [3.8, 4) is 11.5 Å². The average Bonchev–Trinajstić information content (AvgIpc) is 2.63. The van der Waals surface area contributed by atoms with Gasteiger partial charge in [0.25, 0.3) is 0 Å². The fraction of sp³-hybridized carbons (Fsp3) is 0.571. The average molecular weight is 251 g/mol. The number of benzene rings is 1. The molecule has 0 aromatic heterocycles. The molecule has 4 nitrogen and oxygen atoms in total. The fourth-order valence-corrected chi connectivity index (χ4v) is 2.12. The predicted octanol–water partition coefficient (Wildman–Crippen LogP) is 2.06. The van der Waals surface area contributed by atoms with Gasteiger partial charge in [0.1, 0.15) is 0 Å². The Morgan fingerprint density at radius 1 is 1.28 bits per heavy atom. The van der Waals surface area contributed by atoms with E-state index >= 15 is 0 Å². The summed E-state index contributed by atoms with van der Waals surface area (Å²) in [6.07, 6.45) is 1.71. The Balaban J connectivity index is 2.31. The standard InChI is InChI=1S/C14H21NO3/c1-3-14(15,10-16-2)11-5-6-12-13(9-11)18-8-4-7-17-12/h5-6,9H,3-4,7-8,10,15H2,1-2H3. The lowest BCUT2D eigenvalue weighted by molar-refractivity contribution is 0.129. The van der Waals surface area contributed by atoms with E-state index in [1.54, 1.807) is 7.11 Å². The normalized spacial score (nSPS) is 17.9. The molecule has 1 aliphatic rings. The molecular formula is C14H21NO3. The molecule has 0 bridgehead atoms. The molecular weight excluding hydrogens is 230 g/mol. The quantitative estimate of drug-likeness (QED) is 0.890. The molecule has 0 aliphatic carbocycles. The molecule has 1 aliphatic heterocycles. The summed E-state index contributed by atoms with van der Waals surface area (Å²) in [4.78, 5) is 0. The van der Waals surface area contributed by atoms with Crippen LogP contribution < -0.4 is 15.2 Å². The highest BCUT2D eigenvalue weighted by atomic mass is 16.5. The highest BCUT2D eigenvalue weighted by Crippen LogP contribution is 2.34. The third kappa shape index (κ3) is 2.60. The van der Waals surface area contributed by atoms with Crippen molar-refractivity contribution in [2.75, 3.05) is 26.9 Å². The van der Waals surface area contributed by atoms with Gasteiger partial charge in [-0.2, -0.15) is 0 Å². The summed E-state index contributed by atoms with van der Waals surface area (Å²) in [5.41, 5.74) is 6.93. The topological polar surface area (TPSA) is 53.7 Å². The molecule has 1 aromatic rings. The molecule has 1 heterocycles. The summed E-state index contributed by atoms with van der Waals surface area (Å²) in [5, 5.41) is 0. The summed E-state index contributed by atoms with van der Waals surface area (Å²) in [6, 6.07) is 5.90. The summed E-state index contributed by atoms with van der Waals surface area (Å²) in [7, 11) is 1.67. The molecule has 1 unspecified atom stereocenters. The Morgan fingerprint density at radius 2 is 2.00 bits per heavy atom. The number of rotatable bonds is 4. The molecule has 0 saturated carbocycles. The van der Waals surface area contributed by atoms with Gasteiger partial charge in [-0.15, -0.1) is 0 Å². The molecule has 0 amide bonds. The van der Waals surface area contributed by atoms with E-state index in [0.717, 1.165) is 29.9 Å². The number of hydrogen-bond donors (Lipinski definition) is 1. The van der Waals surface area contributed by atoms with E-state index in [1.807, 2.05) is 18.2 Å². The van der Waals surface area contributed by atoms with Crippen LogP contribution in [0.25, 0.3) is 0 Å². The first-order valence-corrected chi connectivity index (χ1v) is 6.37. The maximum Gasteiger partial charge on any atom is 0.161 e. The molecule has 0 saturated heterocycles. The first kappa shape index (κ1) is 13.2. The van der Waals surface area contributed by atoms with Crippen LogP contribution in [0.4, 0.5) is 0 Å². The molecule has 0 radical (unpaired) electrons. The van der Waals surface area contributed by atoms with E-state index in [0.29, 0.717) is 19.8 Å². The Morgan fingerprint density at radius 3 is 2.67 bits per heavy atom. The van der Waals surface area contributed by atoms with Crippen molar-refractivity contribution in [2.45, 2.75) is 25.3 Å². The van der Waals surface area contributed by atoms with Crippen LogP contribution in [-0.4, -0.2) is 26.9 Å². The lowest BCUT2D eigenvalue weighted by Gasteiger charge is -2.28. The van der Waals surface area contributed by atoms with Gasteiger partial charge in [-0.1, -0.05) is 13.0 Å². The van der Waals surface area contributed by atoms with Gasteiger partial charge in [-0.05, 0) is 24.1 Å². The summed E-state index contributed by atoms with van der Waals surface area (Å²) < 4.78 is 16.5. The third-order valence-electron chi connectivity index (χ3n) is 3.36. The Kier molecular flexibility index (Phi) is 4.09. The smallest absolute Gasteiger partial charge is 0.161 e. The third-order valence-corrected chi connectivity index (χ3v) is 3.36. The molecule has 0 fully saturated rings. The van der Waals surface area contributed by atoms with Crippen molar-refractivity contribution in [2.24, 2.45) is 5.73 Å². The highest BCUT2D eigenvalue weighted by Gasteiger charge is 2.26. The summed E-state index contributed by atoms with van der Waals surface area (Å²) in [5.74, 6) is 1.58. The predicted molar refractivity (Wildman–Crippen MR) is 70.1 cm³/mol. The minimum absolute atomic E-state index is 0.473. The second-order valence-electron chi connectivity index (χ2n) is 4.65. The Hall–Kier alpha value is -1.26. The maximum absolute atomic E-state index is 6.38. The molecule has 1 aromatic carbocycles. The monoisotopic (exact) mass is 251 g/mol. The molecule has 2 N–H and O–H groups in total. The molecule has 18 heavy (non-hydrogen) atoms. The van der Waals surface area contributed by atoms with Gasteiger partial charge >= 0.3 is 0 Å². The van der Waals surface area contributed by atoms with Crippen LogP contribution in [0, 0.1) is 0 Å². The number of fused-ring (bicyclic) bond motifs is 1. The summed E-state index contributed by atoms with van der Waals surface area (Å²) >= 11 is 0. The SMILES string of the molecule is CCC(N)(COC)c1ccc2c(c1)OCCCO2. The highest BCUT2D eigenvalue weighted by molar-refractivity contribution is 5.45. The summed E-state index contributed by atoms with van der Waals surface area (Å²) in [6.45, 7) is 3.93. The van der Waals surface area contributed by atoms with Crippen molar-refractivity contribution in [3.63, 3.8) is 0 Å². The molecule has 4 heteroatoms. The van der Waals surface area contributed by atoms with Crippen molar-refractivity contribution in [3.05, 3.63) is 23.8 Å². The number of hydrogen-bond acceptors (Lipinski definition) is 4. The molecule has 0 spiro atoms. The minimum atomic E-state index is -0.473. The van der Waals surface area contributed by atoms with E-state index < -0.39 is 5.54 Å². The van der Waals surface area contributed by atoms with Gasteiger partial charge in [-0.25, -0.2) is 0 Å². The molecule has 100 valence electrons. The van der Waals surface area contributed by atoms with Crippen LogP contribution in [-0.2, 0) is 10.3 Å². The van der Waals surface area contributed by atoms with Crippen molar-refractivity contribution >= 4 is 0 Å². The van der Waals surface area contributed by atoms with Crippen LogP contribution in [0.15, 0.2) is 18.2 Å². The second kappa shape index (κ2) is 5.59. The maximum atomic E-state index is 6.38. The zero-order valence-electron chi connectivity index (χ0n) is 11.1. The first-order valence-electron chi connectivity index (χ1n) is 6.37. The van der Waals surface area contributed by atoms with Crippen molar-refractivity contribution in [1.82, 2.24) is 0 Å². The lowest BCUT2D eigenvalue weighted by atomic mass is 9.89. The van der Waals surface area contributed by atoms with Crippen LogP contribution in [0.3, 0.4) is 0 Å². The number of ether oxygens (including phenoxy) is 3. The zero-order chi connectivity index (χ0) is 13.0. The van der Waals surface area contributed by atoms with Crippen LogP contribution in [0.2, 0.25) is 0 Å². The van der Waals surface area contributed by atoms with Gasteiger partial charge in [0, 0.05) is 13.5 Å². The zero-order valence-corrected chi connectivity index (χ0v) is 11.1. The van der Waals surface area contributed by atoms with Crippen LogP contribution >= 0.6 is 0 Å². The minimum Gasteiger partial charge on any atom is -0.490 e. The Labute approximate surface area is 108 Å². The first-order chi connectivity index (χ1) is 8.69. The van der Waals surface area contributed by atoms with E-state index in [4.69, 9.17) is 19.9 Å². The Bertz CT molecular complexity index is 408. The fourth-order valence-electron chi connectivity index (χ4n) is 2.12. The lowest BCUT2D eigenvalue weighted by Crippen LogP contribution is -2.40. The van der Waals surface area contributed by atoms with Crippen LogP contribution in [0.1, 0.15) is 25.3 Å². The van der Waals surface area contributed by atoms with E-state index in [9.17, 15) is 0 Å².